The zero-order valence-electron chi connectivity index (χ0n) is 7.50. The summed E-state index contributed by atoms with van der Waals surface area (Å²) in [6.45, 7) is 1.05. The van der Waals surface area contributed by atoms with E-state index in [0.717, 1.165) is 0 Å². The van der Waals surface area contributed by atoms with Crippen LogP contribution in [-0.2, 0) is 0 Å². The van der Waals surface area contributed by atoms with E-state index in [-0.39, 0.29) is 0 Å². The fraction of sp³-hybridized carbons (Fsp3) is 1.00. The maximum Gasteiger partial charge on any atom is 0.453 e. The second kappa shape index (κ2) is 4.00. The fourth-order valence-electron chi connectivity index (χ4n) is 1.56. The highest BCUT2D eigenvalue weighted by atomic mass is 19.4. The van der Waals surface area contributed by atoms with Gasteiger partial charge >= 0.3 is 12.1 Å². The lowest BCUT2D eigenvalue weighted by Crippen LogP contribution is -2.40. The molecule has 0 aromatic heterocycles. The second-order valence-electron chi connectivity index (χ2n) is 3.60. The molecule has 6 heteroatoms. The summed E-state index contributed by atoms with van der Waals surface area (Å²) < 4.78 is 60.6. The van der Waals surface area contributed by atoms with E-state index >= 15 is 0 Å². The second-order valence-corrected chi connectivity index (χ2v) is 3.60. The monoisotopic (exact) mass is 217 g/mol. The molecule has 1 aliphatic heterocycles. The molecule has 0 unspecified atom stereocenters. The largest absolute Gasteiger partial charge is 0.453 e. The van der Waals surface area contributed by atoms with E-state index in [4.69, 9.17) is 0 Å². The Kier molecular flexibility index (Phi) is 3.34. The van der Waals surface area contributed by atoms with Gasteiger partial charge in [-0.1, -0.05) is 0 Å². The lowest BCUT2D eigenvalue weighted by Gasteiger charge is -2.27. The molecule has 1 heterocycles. The molecule has 1 nitrogen and oxygen atoms in total. The smallest absolute Gasteiger partial charge is 0.317 e. The molecule has 0 aromatic carbocycles. The first-order valence-corrected chi connectivity index (χ1v) is 4.48. The normalized spacial score (nSPS) is 21.2. The van der Waals surface area contributed by atoms with E-state index < -0.39 is 24.4 Å². The van der Waals surface area contributed by atoms with Crippen molar-refractivity contribution < 1.29 is 22.0 Å². The Balaban J connectivity index is 2.49. The van der Waals surface area contributed by atoms with Gasteiger partial charge in [-0.2, -0.15) is 22.0 Å². The van der Waals surface area contributed by atoms with Crippen molar-refractivity contribution >= 4 is 0 Å². The molecule has 1 saturated heterocycles. The van der Waals surface area contributed by atoms with Crippen LogP contribution >= 0.6 is 0 Å². The molecule has 1 rings (SSSR count). The zero-order valence-corrected chi connectivity index (χ0v) is 7.50. The number of hydrogen-bond donors (Lipinski definition) is 1. The van der Waals surface area contributed by atoms with E-state index in [1.165, 1.54) is 0 Å². The first kappa shape index (κ1) is 11.7. The molecule has 0 atom stereocenters. The number of nitrogens with one attached hydrogen (secondary N) is 1. The van der Waals surface area contributed by atoms with Gasteiger partial charge in [-0.05, 0) is 31.8 Å². The van der Waals surface area contributed by atoms with Crippen LogP contribution in [0.1, 0.15) is 19.3 Å². The summed E-state index contributed by atoms with van der Waals surface area (Å²) in [4.78, 5) is 0. The molecular formula is C8H12F5N. The summed E-state index contributed by atoms with van der Waals surface area (Å²) in [6.07, 6.45) is -5.69. The van der Waals surface area contributed by atoms with Crippen LogP contribution in [0, 0.1) is 5.92 Å². The lowest BCUT2D eigenvalue weighted by atomic mass is 9.91. The number of hydrogen-bond acceptors (Lipinski definition) is 1. The number of alkyl halides is 5. The molecule has 0 amide bonds. The first-order valence-electron chi connectivity index (χ1n) is 4.48. The van der Waals surface area contributed by atoms with Gasteiger partial charge in [0.05, 0.1) is 0 Å². The van der Waals surface area contributed by atoms with Crippen molar-refractivity contribution in [1.82, 2.24) is 5.32 Å². The van der Waals surface area contributed by atoms with Gasteiger partial charge in [-0.25, -0.2) is 0 Å². The molecule has 1 N–H and O–H groups in total. The lowest BCUT2D eigenvalue weighted by molar-refractivity contribution is -0.288. The van der Waals surface area contributed by atoms with Crippen molar-refractivity contribution in [2.24, 2.45) is 5.92 Å². The third-order valence-corrected chi connectivity index (χ3v) is 2.42. The fourth-order valence-corrected chi connectivity index (χ4v) is 1.56. The highest BCUT2D eigenvalue weighted by molar-refractivity contribution is 4.81. The van der Waals surface area contributed by atoms with E-state index in [9.17, 15) is 22.0 Å². The van der Waals surface area contributed by atoms with Crippen molar-refractivity contribution in [3.05, 3.63) is 0 Å². The van der Waals surface area contributed by atoms with Crippen molar-refractivity contribution in [3.63, 3.8) is 0 Å². The predicted molar refractivity (Wildman–Crippen MR) is 41.2 cm³/mol. The predicted octanol–water partition coefficient (Wildman–Crippen LogP) is 2.57. The molecule has 0 aromatic rings. The topological polar surface area (TPSA) is 12.0 Å². The van der Waals surface area contributed by atoms with Crippen LogP contribution in [0.15, 0.2) is 0 Å². The maximum atomic E-state index is 12.6. The standard InChI is InChI=1S/C8H12F5N/c9-7(10,8(11,12)13)5-6-1-3-14-4-2-6/h6,14H,1-5H2. The van der Waals surface area contributed by atoms with Gasteiger partial charge in [0.2, 0.25) is 0 Å². The minimum absolute atomic E-state index is 0.395. The summed E-state index contributed by atoms with van der Waals surface area (Å²) >= 11 is 0. The SMILES string of the molecule is FC(F)(F)C(F)(F)CC1CCNCC1. The van der Waals surface area contributed by atoms with Crippen molar-refractivity contribution in [2.45, 2.75) is 31.4 Å². The number of halogens is 5. The Morgan fingerprint density at radius 2 is 1.50 bits per heavy atom. The average molecular weight is 217 g/mol. The Morgan fingerprint density at radius 1 is 1.00 bits per heavy atom. The van der Waals surface area contributed by atoms with Gasteiger partial charge in [0.15, 0.2) is 0 Å². The molecule has 0 spiro atoms. The number of piperidine rings is 1. The van der Waals surface area contributed by atoms with Gasteiger partial charge < -0.3 is 5.32 Å². The van der Waals surface area contributed by atoms with Crippen LogP contribution in [0.4, 0.5) is 22.0 Å². The van der Waals surface area contributed by atoms with Gasteiger partial charge in [-0.15, -0.1) is 0 Å². The Bertz CT molecular complexity index is 183. The van der Waals surface area contributed by atoms with Crippen LogP contribution in [0.2, 0.25) is 0 Å². The Hall–Kier alpha value is -0.390. The van der Waals surface area contributed by atoms with E-state index in [2.05, 4.69) is 5.32 Å². The van der Waals surface area contributed by atoms with Crippen LogP contribution in [-0.4, -0.2) is 25.2 Å². The average Bonchev–Trinajstić information content (AvgIpc) is 2.03. The third kappa shape index (κ3) is 2.80. The minimum Gasteiger partial charge on any atom is -0.317 e. The summed E-state index contributed by atoms with van der Waals surface area (Å²) in [5, 5.41) is 2.91. The quantitative estimate of drug-likeness (QED) is 0.701. The van der Waals surface area contributed by atoms with Crippen molar-refractivity contribution in [3.8, 4) is 0 Å². The molecular weight excluding hydrogens is 205 g/mol. The molecule has 1 fully saturated rings. The summed E-state index contributed by atoms with van der Waals surface area (Å²) in [5.74, 6) is -5.05. The van der Waals surface area contributed by atoms with Gasteiger partial charge in [0.25, 0.3) is 0 Å². The van der Waals surface area contributed by atoms with Crippen LogP contribution in [0.25, 0.3) is 0 Å². The van der Waals surface area contributed by atoms with Gasteiger partial charge in [0, 0.05) is 6.42 Å². The Morgan fingerprint density at radius 3 is 1.93 bits per heavy atom. The Labute approximate surface area is 78.7 Å². The molecule has 84 valence electrons. The molecule has 0 bridgehead atoms. The highest BCUT2D eigenvalue weighted by Gasteiger charge is 2.57. The van der Waals surface area contributed by atoms with E-state index in [0.29, 0.717) is 25.9 Å². The zero-order chi connectivity index (χ0) is 10.8. The van der Waals surface area contributed by atoms with Crippen molar-refractivity contribution in [1.29, 1.82) is 0 Å². The summed E-state index contributed by atoms with van der Waals surface area (Å²) in [7, 11) is 0. The molecule has 14 heavy (non-hydrogen) atoms. The molecule has 0 aliphatic carbocycles. The summed E-state index contributed by atoms with van der Waals surface area (Å²) in [5.41, 5.74) is 0. The number of rotatable bonds is 2. The van der Waals surface area contributed by atoms with Gasteiger partial charge in [0.1, 0.15) is 0 Å². The highest BCUT2D eigenvalue weighted by Crippen LogP contribution is 2.41. The van der Waals surface area contributed by atoms with Gasteiger partial charge in [-0.3, -0.25) is 0 Å². The summed E-state index contributed by atoms with van der Waals surface area (Å²) in [6, 6.07) is 0. The molecule has 0 radical (unpaired) electrons. The maximum absolute atomic E-state index is 12.6. The van der Waals surface area contributed by atoms with Crippen molar-refractivity contribution in [2.75, 3.05) is 13.1 Å². The minimum atomic E-state index is -5.40. The molecule has 1 aliphatic rings. The van der Waals surface area contributed by atoms with E-state index in [1.54, 1.807) is 0 Å². The molecule has 0 saturated carbocycles. The van der Waals surface area contributed by atoms with Crippen LogP contribution in [0.5, 0.6) is 0 Å². The van der Waals surface area contributed by atoms with Crippen LogP contribution < -0.4 is 5.32 Å². The third-order valence-electron chi connectivity index (χ3n) is 2.42. The van der Waals surface area contributed by atoms with Crippen LogP contribution in [0.3, 0.4) is 0 Å². The van der Waals surface area contributed by atoms with E-state index in [1.807, 2.05) is 0 Å². The first-order chi connectivity index (χ1) is 6.33.